The van der Waals surface area contributed by atoms with E-state index >= 15 is 0 Å². The van der Waals surface area contributed by atoms with Gasteiger partial charge in [-0.25, -0.2) is 0 Å². The van der Waals surface area contributed by atoms with Crippen molar-refractivity contribution in [3.63, 3.8) is 0 Å². The van der Waals surface area contributed by atoms with E-state index in [4.69, 9.17) is 0 Å². The van der Waals surface area contributed by atoms with Gasteiger partial charge in [0.15, 0.2) is 0 Å². The molecule has 2 aliphatic rings. The van der Waals surface area contributed by atoms with E-state index in [1.165, 1.54) is 32.1 Å². The van der Waals surface area contributed by atoms with Gasteiger partial charge in [-0.2, -0.15) is 0 Å². The zero-order chi connectivity index (χ0) is 10.7. The molecule has 1 saturated carbocycles. The van der Waals surface area contributed by atoms with Gasteiger partial charge in [-0.15, -0.1) is 0 Å². The molecule has 0 aromatic carbocycles. The Bertz CT molecular complexity index is 199. The Hall–Kier alpha value is -0.0800. The van der Waals surface area contributed by atoms with Gasteiger partial charge in [0.1, 0.15) is 0 Å². The third kappa shape index (κ3) is 2.54. The van der Waals surface area contributed by atoms with Gasteiger partial charge in [-0.1, -0.05) is 26.2 Å². The van der Waals surface area contributed by atoms with Crippen molar-refractivity contribution in [2.45, 2.75) is 57.5 Å². The smallest absolute Gasteiger partial charge is 0.0700 e. The number of hydrogen-bond acceptors (Lipinski definition) is 2. The van der Waals surface area contributed by atoms with Crippen LogP contribution in [0, 0.1) is 11.8 Å². The van der Waals surface area contributed by atoms with Gasteiger partial charge < -0.3 is 10.4 Å². The molecule has 1 heterocycles. The second-order valence-corrected chi connectivity index (χ2v) is 5.49. The lowest BCUT2D eigenvalue weighted by Crippen LogP contribution is -2.48. The van der Waals surface area contributed by atoms with Crippen LogP contribution >= 0.6 is 0 Å². The summed E-state index contributed by atoms with van der Waals surface area (Å²) in [7, 11) is 0. The summed E-state index contributed by atoms with van der Waals surface area (Å²) in [6.07, 6.45) is 8.48. The number of aliphatic hydroxyl groups is 1. The largest absolute Gasteiger partial charge is 0.390 e. The van der Waals surface area contributed by atoms with Crippen molar-refractivity contribution in [2.75, 3.05) is 13.1 Å². The van der Waals surface area contributed by atoms with Crippen molar-refractivity contribution in [1.29, 1.82) is 0 Å². The fraction of sp³-hybridized carbons (Fsp3) is 1.00. The van der Waals surface area contributed by atoms with Gasteiger partial charge in [-0.05, 0) is 50.6 Å². The molecule has 2 rings (SSSR count). The Morgan fingerprint density at radius 3 is 2.67 bits per heavy atom. The first-order valence-corrected chi connectivity index (χ1v) is 6.67. The van der Waals surface area contributed by atoms with Crippen LogP contribution in [0.3, 0.4) is 0 Å². The highest BCUT2D eigenvalue weighted by Crippen LogP contribution is 2.40. The Morgan fingerprint density at radius 2 is 2.00 bits per heavy atom. The average molecular weight is 211 g/mol. The fourth-order valence-corrected chi connectivity index (χ4v) is 3.42. The van der Waals surface area contributed by atoms with Crippen LogP contribution in [0.5, 0.6) is 0 Å². The van der Waals surface area contributed by atoms with Crippen LogP contribution in [0.2, 0.25) is 0 Å². The summed E-state index contributed by atoms with van der Waals surface area (Å²) in [4.78, 5) is 0. The van der Waals surface area contributed by atoms with E-state index in [0.29, 0.717) is 5.92 Å². The molecule has 0 bridgehead atoms. The fourth-order valence-electron chi connectivity index (χ4n) is 3.42. The van der Waals surface area contributed by atoms with E-state index in [0.717, 1.165) is 31.8 Å². The van der Waals surface area contributed by atoms with Crippen LogP contribution in [-0.4, -0.2) is 23.8 Å². The van der Waals surface area contributed by atoms with Gasteiger partial charge in [0.2, 0.25) is 0 Å². The second-order valence-electron chi connectivity index (χ2n) is 5.49. The lowest BCUT2D eigenvalue weighted by Gasteiger charge is -2.43. The minimum absolute atomic E-state index is 0.334. The monoisotopic (exact) mass is 211 g/mol. The van der Waals surface area contributed by atoms with Gasteiger partial charge in [-0.3, -0.25) is 0 Å². The molecule has 15 heavy (non-hydrogen) atoms. The number of rotatable bonds is 2. The third-order valence-corrected chi connectivity index (χ3v) is 4.59. The summed E-state index contributed by atoms with van der Waals surface area (Å²) < 4.78 is 0. The quantitative estimate of drug-likeness (QED) is 0.734. The summed E-state index contributed by atoms with van der Waals surface area (Å²) in [6.45, 7) is 4.30. The second kappa shape index (κ2) is 4.84. The van der Waals surface area contributed by atoms with Crippen LogP contribution in [-0.2, 0) is 0 Å². The van der Waals surface area contributed by atoms with Crippen LogP contribution in [0.1, 0.15) is 51.9 Å². The lowest BCUT2D eigenvalue weighted by atomic mass is 9.69. The molecule has 0 radical (unpaired) electrons. The van der Waals surface area contributed by atoms with Crippen molar-refractivity contribution < 1.29 is 5.11 Å². The first kappa shape index (κ1) is 11.4. The number of nitrogens with one attached hydrogen (secondary N) is 1. The zero-order valence-corrected chi connectivity index (χ0v) is 9.97. The highest BCUT2D eigenvalue weighted by Gasteiger charge is 2.39. The van der Waals surface area contributed by atoms with Crippen LogP contribution in [0.25, 0.3) is 0 Å². The average Bonchev–Trinajstić information content (AvgIpc) is 2.30. The SMILES string of the molecule is CCC1CCCC(C2(O)CCNCC2)C1. The van der Waals surface area contributed by atoms with E-state index in [9.17, 15) is 5.11 Å². The molecular weight excluding hydrogens is 186 g/mol. The number of piperidine rings is 1. The zero-order valence-electron chi connectivity index (χ0n) is 9.97. The van der Waals surface area contributed by atoms with Crippen LogP contribution < -0.4 is 5.32 Å². The topological polar surface area (TPSA) is 32.3 Å². The molecule has 1 saturated heterocycles. The van der Waals surface area contributed by atoms with Crippen LogP contribution in [0.15, 0.2) is 0 Å². The van der Waals surface area contributed by atoms with E-state index in [1.807, 2.05) is 0 Å². The number of hydrogen-bond donors (Lipinski definition) is 2. The maximum atomic E-state index is 10.7. The van der Waals surface area contributed by atoms with Crippen molar-refractivity contribution in [3.05, 3.63) is 0 Å². The molecular formula is C13H25NO. The molecule has 2 unspecified atom stereocenters. The molecule has 2 fully saturated rings. The van der Waals surface area contributed by atoms with Crippen molar-refractivity contribution in [2.24, 2.45) is 11.8 Å². The van der Waals surface area contributed by atoms with E-state index in [-0.39, 0.29) is 5.60 Å². The lowest BCUT2D eigenvalue weighted by molar-refractivity contribution is -0.0633. The molecule has 0 aromatic heterocycles. The molecule has 2 atom stereocenters. The van der Waals surface area contributed by atoms with Crippen LogP contribution in [0.4, 0.5) is 0 Å². The summed E-state index contributed by atoms with van der Waals surface area (Å²) in [6, 6.07) is 0. The molecule has 0 spiro atoms. The minimum Gasteiger partial charge on any atom is -0.390 e. The molecule has 88 valence electrons. The van der Waals surface area contributed by atoms with Gasteiger partial charge in [0.05, 0.1) is 5.60 Å². The maximum Gasteiger partial charge on any atom is 0.0700 e. The Morgan fingerprint density at radius 1 is 1.27 bits per heavy atom. The molecule has 0 amide bonds. The summed E-state index contributed by atoms with van der Waals surface area (Å²) in [5, 5.41) is 14.0. The van der Waals surface area contributed by atoms with Crippen molar-refractivity contribution in [1.82, 2.24) is 5.32 Å². The third-order valence-electron chi connectivity index (χ3n) is 4.59. The van der Waals surface area contributed by atoms with E-state index in [2.05, 4.69) is 12.2 Å². The first-order valence-electron chi connectivity index (χ1n) is 6.67. The standard InChI is InChI=1S/C13H25NO/c1-2-11-4-3-5-12(10-11)13(15)6-8-14-9-7-13/h11-12,14-15H,2-10H2,1H3. The highest BCUT2D eigenvalue weighted by molar-refractivity contribution is 4.93. The Kier molecular flexibility index (Phi) is 3.68. The van der Waals surface area contributed by atoms with Gasteiger partial charge >= 0.3 is 0 Å². The Balaban J connectivity index is 1.95. The maximum absolute atomic E-state index is 10.7. The molecule has 2 nitrogen and oxygen atoms in total. The van der Waals surface area contributed by atoms with Gasteiger partial charge in [0, 0.05) is 0 Å². The molecule has 1 aliphatic heterocycles. The predicted molar refractivity (Wildman–Crippen MR) is 62.8 cm³/mol. The molecule has 1 aliphatic carbocycles. The summed E-state index contributed by atoms with van der Waals surface area (Å²) in [5.41, 5.74) is -0.334. The van der Waals surface area contributed by atoms with Gasteiger partial charge in [0.25, 0.3) is 0 Å². The van der Waals surface area contributed by atoms with E-state index < -0.39 is 0 Å². The first-order chi connectivity index (χ1) is 7.24. The molecule has 0 aromatic rings. The Labute approximate surface area is 93.5 Å². The van der Waals surface area contributed by atoms with E-state index in [1.54, 1.807) is 0 Å². The van der Waals surface area contributed by atoms with Crippen molar-refractivity contribution >= 4 is 0 Å². The molecule has 2 N–H and O–H groups in total. The molecule has 2 heteroatoms. The summed E-state index contributed by atoms with van der Waals surface area (Å²) >= 11 is 0. The minimum atomic E-state index is -0.334. The normalized spacial score (nSPS) is 36.4. The summed E-state index contributed by atoms with van der Waals surface area (Å²) in [5.74, 6) is 1.46. The highest BCUT2D eigenvalue weighted by atomic mass is 16.3. The van der Waals surface area contributed by atoms with Crippen molar-refractivity contribution in [3.8, 4) is 0 Å². The predicted octanol–water partition coefficient (Wildman–Crippen LogP) is 2.32.